The summed E-state index contributed by atoms with van der Waals surface area (Å²) in [6.45, 7) is 5.66. The number of nitro groups is 1. The number of hydrogen-bond acceptors (Lipinski definition) is 5. The lowest BCUT2D eigenvalue weighted by atomic mass is 10.0. The van der Waals surface area contributed by atoms with Crippen LogP contribution in [0.2, 0.25) is 0 Å². The zero-order valence-electron chi connectivity index (χ0n) is 12.2. The van der Waals surface area contributed by atoms with Gasteiger partial charge in [0.25, 0.3) is 5.69 Å². The third kappa shape index (κ3) is 4.22. The summed E-state index contributed by atoms with van der Waals surface area (Å²) in [6, 6.07) is 4.30. The average molecular weight is 280 g/mol. The molecule has 1 unspecified atom stereocenters. The Bertz CT molecular complexity index is 500. The molecule has 1 aromatic carbocycles. The summed E-state index contributed by atoms with van der Waals surface area (Å²) < 4.78 is 4.75. The molecule has 1 N–H and O–H groups in total. The number of methoxy groups -OCH3 is 1. The second-order valence-electron chi connectivity index (χ2n) is 5.11. The lowest BCUT2D eigenvalue weighted by Gasteiger charge is -2.19. The van der Waals surface area contributed by atoms with Crippen LogP contribution in [0.1, 0.15) is 25.8 Å². The molecule has 0 bridgehead atoms. The molecule has 0 aliphatic heterocycles. The molecule has 20 heavy (non-hydrogen) atoms. The number of carbonyl (C=O) groups is 1. The van der Waals surface area contributed by atoms with Gasteiger partial charge in [-0.05, 0) is 25.3 Å². The number of aryl methyl sites for hydroxylation is 1. The van der Waals surface area contributed by atoms with E-state index >= 15 is 0 Å². The summed E-state index contributed by atoms with van der Waals surface area (Å²) in [7, 11) is 1.33. The number of esters is 1. The van der Waals surface area contributed by atoms with E-state index in [2.05, 4.69) is 5.32 Å². The standard InChI is InChI=1S/C14H20N2O4/c1-9(2)7-12(14(17)20-4)15-11-6-5-10(3)13(8-11)16(18)19/h5-6,8-9,12,15H,7H2,1-4H3. The van der Waals surface area contributed by atoms with Crippen molar-refractivity contribution in [1.29, 1.82) is 0 Å². The number of benzene rings is 1. The summed E-state index contributed by atoms with van der Waals surface area (Å²) in [5, 5.41) is 13.9. The third-order valence-electron chi connectivity index (χ3n) is 2.94. The number of rotatable bonds is 6. The van der Waals surface area contributed by atoms with Gasteiger partial charge in [0.05, 0.1) is 12.0 Å². The minimum absolute atomic E-state index is 0.0307. The number of ether oxygens (including phenoxy) is 1. The van der Waals surface area contributed by atoms with Gasteiger partial charge in [0.15, 0.2) is 0 Å². The van der Waals surface area contributed by atoms with Gasteiger partial charge in [0, 0.05) is 17.3 Å². The number of nitrogens with one attached hydrogen (secondary N) is 1. The SMILES string of the molecule is COC(=O)C(CC(C)C)Nc1ccc(C)c([N+](=O)[O-])c1. The molecule has 0 aliphatic carbocycles. The van der Waals surface area contributed by atoms with Crippen molar-refractivity contribution in [2.45, 2.75) is 33.2 Å². The van der Waals surface area contributed by atoms with Gasteiger partial charge in [-0.2, -0.15) is 0 Å². The fourth-order valence-electron chi connectivity index (χ4n) is 1.92. The van der Waals surface area contributed by atoms with Crippen molar-refractivity contribution in [3.8, 4) is 0 Å². The molecule has 0 spiro atoms. The van der Waals surface area contributed by atoms with E-state index in [9.17, 15) is 14.9 Å². The van der Waals surface area contributed by atoms with Crippen LogP contribution in [0.5, 0.6) is 0 Å². The predicted octanol–water partition coefficient (Wildman–Crippen LogP) is 2.90. The highest BCUT2D eigenvalue weighted by molar-refractivity contribution is 5.79. The van der Waals surface area contributed by atoms with Gasteiger partial charge in [-0.25, -0.2) is 4.79 Å². The van der Waals surface area contributed by atoms with Gasteiger partial charge in [-0.15, -0.1) is 0 Å². The Hall–Kier alpha value is -2.11. The first kappa shape index (κ1) is 15.9. The van der Waals surface area contributed by atoms with E-state index in [0.29, 0.717) is 23.6 Å². The van der Waals surface area contributed by atoms with Crippen LogP contribution >= 0.6 is 0 Å². The Morgan fingerprint density at radius 2 is 2.10 bits per heavy atom. The van der Waals surface area contributed by atoms with E-state index in [-0.39, 0.29) is 11.7 Å². The Labute approximate surface area is 118 Å². The third-order valence-corrected chi connectivity index (χ3v) is 2.94. The lowest BCUT2D eigenvalue weighted by Crippen LogP contribution is -2.32. The number of nitro benzene ring substituents is 1. The van der Waals surface area contributed by atoms with Crippen molar-refractivity contribution in [1.82, 2.24) is 0 Å². The Balaban J connectivity index is 2.96. The lowest BCUT2D eigenvalue weighted by molar-refractivity contribution is -0.385. The van der Waals surface area contributed by atoms with Crippen LogP contribution in [0.25, 0.3) is 0 Å². The second-order valence-corrected chi connectivity index (χ2v) is 5.11. The molecule has 0 heterocycles. The van der Waals surface area contributed by atoms with E-state index in [1.54, 1.807) is 19.1 Å². The highest BCUT2D eigenvalue weighted by Gasteiger charge is 2.21. The molecule has 0 saturated heterocycles. The molecule has 0 saturated carbocycles. The zero-order valence-corrected chi connectivity index (χ0v) is 12.2. The predicted molar refractivity (Wildman–Crippen MR) is 76.7 cm³/mol. The normalized spacial score (nSPS) is 12.1. The molecule has 0 aromatic heterocycles. The maximum Gasteiger partial charge on any atom is 0.328 e. The highest BCUT2D eigenvalue weighted by Crippen LogP contribution is 2.23. The van der Waals surface area contributed by atoms with E-state index in [4.69, 9.17) is 4.74 Å². The zero-order chi connectivity index (χ0) is 15.3. The monoisotopic (exact) mass is 280 g/mol. The summed E-state index contributed by atoms with van der Waals surface area (Å²) in [5.74, 6) is -0.0750. The fraction of sp³-hybridized carbons (Fsp3) is 0.500. The summed E-state index contributed by atoms with van der Waals surface area (Å²) in [4.78, 5) is 22.2. The molecule has 0 radical (unpaired) electrons. The van der Waals surface area contributed by atoms with Gasteiger partial charge >= 0.3 is 5.97 Å². The molecule has 0 aliphatic rings. The minimum Gasteiger partial charge on any atom is -0.467 e. The number of anilines is 1. The van der Waals surface area contributed by atoms with Gasteiger partial charge in [-0.1, -0.05) is 19.9 Å². The van der Waals surface area contributed by atoms with Crippen molar-refractivity contribution in [2.75, 3.05) is 12.4 Å². The fourth-order valence-corrected chi connectivity index (χ4v) is 1.92. The first-order valence-electron chi connectivity index (χ1n) is 6.44. The van der Waals surface area contributed by atoms with Crippen LogP contribution in [0.4, 0.5) is 11.4 Å². The Kier molecular flexibility index (Phi) is 5.49. The van der Waals surface area contributed by atoms with Crippen LogP contribution in [0.15, 0.2) is 18.2 Å². The number of nitrogens with zero attached hydrogens (tertiary/aromatic N) is 1. The minimum atomic E-state index is -0.512. The van der Waals surface area contributed by atoms with Crippen LogP contribution in [-0.4, -0.2) is 24.0 Å². The molecular weight excluding hydrogens is 260 g/mol. The molecule has 0 amide bonds. The molecule has 6 heteroatoms. The van der Waals surface area contributed by atoms with E-state index in [1.807, 2.05) is 13.8 Å². The number of hydrogen-bond donors (Lipinski definition) is 1. The average Bonchev–Trinajstić information content (AvgIpc) is 2.38. The van der Waals surface area contributed by atoms with E-state index in [1.165, 1.54) is 13.2 Å². The number of carbonyl (C=O) groups excluding carboxylic acids is 1. The Morgan fingerprint density at radius 3 is 2.60 bits per heavy atom. The second kappa shape index (κ2) is 6.88. The topological polar surface area (TPSA) is 81.5 Å². The van der Waals surface area contributed by atoms with Crippen molar-refractivity contribution in [2.24, 2.45) is 5.92 Å². The van der Waals surface area contributed by atoms with Crippen molar-refractivity contribution in [3.63, 3.8) is 0 Å². The molecule has 6 nitrogen and oxygen atoms in total. The van der Waals surface area contributed by atoms with Crippen LogP contribution in [0, 0.1) is 23.0 Å². The molecular formula is C14H20N2O4. The van der Waals surface area contributed by atoms with Crippen molar-refractivity contribution < 1.29 is 14.5 Å². The summed E-state index contributed by atoms with van der Waals surface area (Å²) >= 11 is 0. The molecule has 110 valence electrons. The maximum atomic E-state index is 11.7. The Morgan fingerprint density at radius 1 is 1.45 bits per heavy atom. The summed E-state index contributed by atoms with van der Waals surface area (Å²) in [5.41, 5.74) is 1.15. The smallest absolute Gasteiger partial charge is 0.328 e. The maximum absolute atomic E-state index is 11.7. The molecule has 1 aromatic rings. The van der Waals surface area contributed by atoms with Gasteiger partial charge in [0.2, 0.25) is 0 Å². The quantitative estimate of drug-likeness (QED) is 0.492. The molecule has 1 rings (SSSR count). The first-order chi connectivity index (χ1) is 9.35. The van der Waals surface area contributed by atoms with Crippen LogP contribution in [-0.2, 0) is 9.53 Å². The van der Waals surface area contributed by atoms with E-state index < -0.39 is 11.0 Å². The van der Waals surface area contributed by atoms with Crippen molar-refractivity contribution in [3.05, 3.63) is 33.9 Å². The van der Waals surface area contributed by atoms with Gasteiger partial charge < -0.3 is 10.1 Å². The van der Waals surface area contributed by atoms with Crippen molar-refractivity contribution >= 4 is 17.3 Å². The highest BCUT2D eigenvalue weighted by atomic mass is 16.6. The van der Waals surface area contributed by atoms with Crippen LogP contribution in [0.3, 0.4) is 0 Å². The van der Waals surface area contributed by atoms with Gasteiger partial charge in [-0.3, -0.25) is 10.1 Å². The molecule has 0 fully saturated rings. The summed E-state index contributed by atoms with van der Waals surface area (Å²) in [6.07, 6.45) is 0.592. The van der Waals surface area contributed by atoms with Crippen LogP contribution < -0.4 is 5.32 Å². The first-order valence-corrected chi connectivity index (χ1v) is 6.44. The van der Waals surface area contributed by atoms with Gasteiger partial charge in [0.1, 0.15) is 6.04 Å². The van der Waals surface area contributed by atoms with E-state index in [0.717, 1.165) is 0 Å². The molecule has 1 atom stereocenters. The largest absolute Gasteiger partial charge is 0.467 e.